The van der Waals surface area contributed by atoms with E-state index in [0.717, 1.165) is 28.2 Å². The molecule has 0 aliphatic heterocycles. The van der Waals surface area contributed by atoms with Crippen molar-refractivity contribution in [3.8, 4) is 0 Å². The molecular weight excluding hydrogens is 310 g/mol. The number of nitrogens with one attached hydrogen (secondary N) is 3. The summed E-state index contributed by atoms with van der Waals surface area (Å²) in [6, 6.07) is 17.2. The lowest BCUT2D eigenvalue weighted by atomic mass is 9.89. The van der Waals surface area contributed by atoms with Crippen LogP contribution in [-0.4, -0.2) is 26.9 Å². The van der Waals surface area contributed by atoms with E-state index in [0.29, 0.717) is 5.56 Å². The van der Waals surface area contributed by atoms with Crippen molar-refractivity contribution >= 4 is 5.78 Å². The second kappa shape index (κ2) is 7.26. The number of hydrogen-bond donors (Lipinski definition) is 3. The first-order valence-corrected chi connectivity index (χ1v) is 8.39. The van der Waals surface area contributed by atoms with E-state index in [1.54, 1.807) is 0 Å². The van der Waals surface area contributed by atoms with Gasteiger partial charge in [-0.25, -0.2) is 0 Å². The fraction of sp³-hybridized carbons (Fsp3) is 0.190. The molecule has 0 heterocycles. The lowest BCUT2D eigenvalue weighted by Crippen LogP contribution is -2.21. The van der Waals surface area contributed by atoms with E-state index >= 15 is 0 Å². The number of carbonyl (C=O) groups excluding carboxylic acids is 1. The summed E-state index contributed by atoms with van der Waals surface area (Å²) in [5.74, 6) is 0.0442. The minimum Gasteiger partial charge on any atom is -0.389 e. The van der Waals surface area contributed by atoms with Gasteiger partial charge in [0.1, 0.15) is 0 Å². The molecule has 0 bridgehead atoms. The molecule has 0 amide bonds. The van der Waals surface area contributed by atoms with Crippen LogP contribution in [0.5, 0.6) is 0 Å². The molecule has 25 heavy (non-hydrogen) atoms. The van der Waals surface area contributed by atoms with Crippen molar-refractivity contribution in [1.29, 1.82) is 0 Å². The van der Waals surface area contributed by atoms with Gasteiger partial charge in [-0.05, 0) is 11.6 Å². The Labute approximate surface area is 148 Å². The third kappa shape index (κ3) is 3.03. The van der Waals surface area contributed by atoms with Crippen LogP contribution in [0.1, 0.15) is 27.4 Å². The van der Waals surface area contributed by atoms with Crippen molar-refractivity contribution in [2.24, 2.45) is 0 Å². The van der Waals surface area contributed by atoms with Crippen molar-refractivity contribution in [2.45, 2.75) is 5.92 Å². The zero-order chi connectivity index (χ0) is 17.8. The van der Waals surface area contributed by atoms with Gasteiger partial charge in [-0.2, -0.15) is 0 Å². The van der Waals surface area contributed by atoms with E-state index in [1.165, 1.54) is 0 Å². The molecule has 0 aromatic heterocycles. The fourth-order valence-electron chi connectivity index (χ4n) is 3.36. The van der Waals surface area contributed by atoms with E-state index in [1.807, 2.05) is 75.7 Å². The second-order valence-corrected chi connectivity index (χ2v) is 5.88. The van der Waals surface area contributed by atoms with Gasteiger partial charge < -0.3 is 16.0 Å². The topological polar surface area (TPSA) is 53.2 Å². The summed E-state index contributed by atoms with van der Waals surface area (Å²) in [7, 11) is 5.72. The smallest absolute Gasteiger partial charge is 0.193 e. The van der Waals surface area contributed by atoms with Gasteiger partial charge in [0.15, 0.2) is 5.78 Å². The van der Waals surface area contributed by atoms with E-state index in [-0.39, 0.29) is 11.7 Å². The number of benzene rings is 2. The Hall–Kier alpha value is -3.01. The molecule has 0 saturated carbocycles. The van der Waals surface area contributed by atoms with Crippen molar-refractivity contribution in [3.05, 3.63) is 94.5 Å². The van der Waals surface area contributed by atoms with Gasteiger partial charge >= 0.3 is 0 Å². The van der Waals surface area contributed by atoms with Crippen LogP contribution in [0.2, 0.25) is 0 Å². The molecule has 128 valence electrons. The first-order chi connectivity index (χ1) is 12.2. The summed E-state index contributed by atoms with van der Waals surface area (Å²) in [5, 5.41) is 9.77. The first kappa shape index (κ1) is 16.8. The predicted molar refractivity (Wildman–Crippen MR) is 101 cm³/mol. The molecule has 0 radical (unpaired) electrons. The highest BCUT2D eigenvalue weighted by Crippen LogP contribution is 2.36. The van der Waals surface area contributed by atoms with E-state index in [9.17, 15) is 4.79 Å². The molecule has 1 aliphatic rings. The molecule has 4 nitrogen and oxygen atoms in total. The van der Waals surface area contributed by atoms with Crippen molar-refractivity contribution < 1.29 is 4.79 Å². The quantitative estimate of drug-likeness (QED) is 0.712. The van der Waals surface area contributed by atoms with E-state index in [2.05, 4.69) is 22.0 Å². The van der Waals surface area contributed by atoms with Crippen LogP contribution in [0.3, 0.4) is 0 Å². The normalized spacial score (nSPS) is 16.4. The molecule has 2 aromatic carbocycles. The van der Waals surface area contributed by atoms with Crippen molar-refractivity contribution in [2.75, 3.05) is 21.1 Å². The third-order valence-corrected chi connectivity index (χ3v) is 4.55. The van der Waals surface area contributed by atoms with Gasteiger partial charge in [0, 0.05) is 43.9 Å². The molecule has 3 rings (SSSR count). The Morgan fingerprint density at radius 2 is 1.52 bits per heavy atom. The second-order valence-electron chi connectivity index (χ2n) is 5.88. The lowest BCUT2D eigenvalue weighted by molar-refractivity contribution is 0.103. The largest absolute Gasteiger partial charge is 0.389 e. The molecule has 0 saturated heterocycles. The summed E-state index contributed by atoms with van der Waals surface area (Å²) >= 11 is 0. The highest BCUT2D eigenvalue weighted by Gasteiger charge is 2.29. The number of carbonyl (C=O) groups is 1. The first-order valence-electron chi connectivity index (χ1n) is 8.39. The molecule has 0 spiro atoms. The number of hydrogen-bond acceptors (Lipinski definition) is 4. The predicted octanol–water partition coefficient (Wildman–Crippen LogP) is 2.77. The average Bonchev–Trinajstić information content (AvgIpc) is 3.05. The molecular formula is C21H23N3O. The Morgan fingerprint density at radius 3 is 2.16 bits per heavy atom. The maximum atomic E-state index is 13.0. The maximum Gasteiger partial charge on any atom is 0.193 e. The number of rotatable bonds is 6. The van der Waals surface area contributed by atoms with Gasteiger partial charge in [0.05, 0.1) is 11.4 Å². The fourth-order valence-corrected chi connectivity index (χ4v) is 3.36. The highest BCUT2D eigenvalue weighted by molar-refractivity contribution is 6.10. The van der Waals surface area contributed by atoms with Crippen molar-refractivity contribution in [1.82, 2.24) is 16.0 Å². The summed E-state index contributed by atoms with van der Waals surface area (Å²) in [4.78, 5) is 13.0. The molecule has 0 fully saturated rings. The molecule has 1 aliphatic carbocycles. The third-order valence-electron chi connectivity index (χ3n) is 4.55. The Morgan fingerprint density at radius 1 is 0.840 bits per heavy atom. The SMILES string of the molecule is CNC1=CC(c2ccccc2C(=O)c2ccccc2)C(NC)=C1NC. The zero-order valence-corrected chi connectivity index (χ0v) is 14.8. The maximum absolute atomic E-state index is 13.0. The van der Waals surface area contributed by atoms with Gasteiger partial charge in [-0.15, -0.1) is 0 Å². The van der Waals surface area contributed by atoms with E-state index < -0.39 is 0 Å². The van der Waals surface area contributed by atoms with Gasteiger partial charge in [-0.3, -0.25) is 4.79 Å². The standard InChI is InChI=1S/C21H23N3O/c1-22-18-13-17(19(23-2)20(18)24-3)15-11-7-8-12-16(15)21(25)14-9-5-4-6-10-14/h4-13,17,22-24H,1-3H3. The lowest BCUT2D eigenvalue weighted by Gasteiger charge is -2.18. The summed E-state index contributed by atoms with van der Waals surface area (Å²) in [6.07, 6.45) is 2.15. The molecule has 1 unspecified atom stereocenters. The van der Waals surface area contributed by atoms with Crippen LogP contribution in [0.15, 0.2) is 77.8 Å². The number of allylic oxidation sites excluding steroid dienone is 1. The molecule has 3 N–H and O–H groups in total. The molecule has 1 atom stereocenters. The highest BCUT2D eigenvalue weighted by atomic mass is 16.1. The zero-order valence-electron chi connectivity index (χ0n) is 14.8. The summed E-state index contributed by atoms with van der Waals surface area (Å²) in [6.45, 7) is 0. The monoisotopic (exact) mass is 333 g/mol. The van der Waals surface area contributed by atoms with Crippen LogP contribution in [0.25, 0.3) is 0 Å². The van der Waals surface area contributed by atoms with Crippen LogP contribution in [-0.2, 0) is 0 Å². The Bertz CT molecular complexity index is 837. The molecule has 2 aromatic rings. The molecule has 4 heteroatoms. The van der Waals surface area contributed by atoms with E-state index in [4.69, 9.17) is 0 Å². The number of ketones is 1. The summed E-state index contributed by atoms with van der Waals surface area (Å²) < 4.78 is 0. The van der Waals surface area contributed by atoms with Crippen LogP contribution >= 0.6 is 0 Å². The number of likely N-dealkylation sites (N-methyl/N-ethyl adjacent to an activating group) is 3. The van der Waals surface area contributed by atoms with Gasteiger partial charge in [-0.1, -0.05) is 54.6 Å². The van der Waals surface area contributed by atoms with Crippen LogP contribution in [0.4, 0.5) is 0 Å². The minimum absolute atomic E-state index is 0.00115. The Balaban J connectivity index is 2.09. The van der Waals surface area contributed by atoms with Gasteiger partial charge in [0.25, 0.3) is 0 Å². The minimum atomic E-state index is -0.00115. The van der Waals surface area contributed by atoms with Crippen molar-refractivity contribution in [3.63, 3.8) is 0 Å². The van der Waals surface area contributed by atoms with Crippen LogP contribution in [0, 0.1) is 0 Å². The Kier molecular flexibility index (Phi) is 4.89. The summed E-state index contributed by atoms with van der Waals surface area (Å²) in [5.41, 5.74) is 5.54. The van der Waals surface area contributed by atoms with Gasteiger partial charge in [0.2, 0.25) is 0 Å². The average molecular weight is 333 g/mol. The van der Waals surface area contributed by atoms with Crippen LogP contribution < -0.4 is 16.0 Å².